The van der Waals surface area contributed by atoms with Crippen molar-refractivity contribution in [3.63, 3.8) is 0 Å². The lowest BCUT2D eigenvalue weighted by atomic mass is 10.1. The van der Waals surface area contributed by atoms with E-state index in [0.29, 0.717) is 13.1 Å². The molecular formula is C11H23N3O2. The van der Waals surface area contributed by atoms with E-state index in [0.717, 1.165) is 38.6 Å². The molecule has 0 bridgehead atoms. The Bertz CT molecular complexity index is 223. The fourth-order valence-electron chi connectivity index (χ4n) is 2.27. The summed E-state index contributed by atoms with van der Waals surface area (Å²) in [6, 6.07) is -0.243. The van der Waals surface area contributed by atoms with E-state index in [4.69, 9.17) is 16.6 Å². The van der Waals surface area contributed by atoms with Crippen molar-refractivity contribution in [2.45, 2.75) is 44.2 Å². The summed E-state index contributed by atoms with van der Waals surface area (Å²) in [6.45, 7) is 2.26. The lowest BCUT2D eigenvalue weighted by Crippen LogP contribution is -2.43. The molecule has 0 aromatic rings. The summed E-state index contributed by atoms with van der Waals surface area (Å²) in [7, 11) is 0. The Morgan fingerprint density at radius 1 is 1.50 bits per heavy atom. The number of likely N-dealkylation sites (tertiary alicyclic amines) is 1. The Labute approximate surface area is 96.8 Å². The van der Waals surface area contributed by atoms with Gasteiger partial charge >= 0.3 is 5.97 Å². The minimum atomic E-state index is -0.716. The van der Waals surface area contributed by atoms with E-state index in [1.165, 1.54) is 0 Å². The topological polar surface area (TPSA) is 92.6 Å². The van der Waals surface area contributed by atoms with Crippen molar-refractivity contribution in [2.75, 3.05) is 19.6 Å². The first kappa shape index (κ1) is 13.4. The van der Waals surface area contributed by atoms with Crippen LogP contribution in [-0.2, 0) is 4.79 Å². The van der Waals surface area contributed by atoms with Crippen LogP contribution in [0.3, 0.4) is 0 Å². The van der Waals surface area contributed by atoms with Crippen LogP contribution in [0.5, 0.6) is 0 Å². The van der Waals surface area contributed by atoms with Crippen LogP contribution in [-0.4, -0.2) is 47.7 Å². The summed E-state index contributed by atoms with van der Waals surface area (Å²) in [5.74, 6) is -0.716. The molecule has 1 aliphatic heterocycles. The molecule has 0 radical (unpaired) electrons. The van der Waals surface area contributed by atoms with Crippen molar-refractivity contribution >= 4 is 5.97 Å². The molecule has 5 nitrogen and oxygen atoms in total. The van der Waals surface area contributed by atoms with Crippen molar-refractivity contribution in [1.29, 1.82) is 0 Å². The summed E-state index contributed by atoms with van der Waals surface area (Å²) >= 11 is 0. The van der Waals surface area contributed by atoms with Gasteiger partial charge in [-0.1, -0.05) is 6.42 Å². The van der Waals surface area contributed by atoms with Gasteiger partial charge in [-0.15, -0.1) is 0 Å². The zero-order chi connectivity index (χ0) is 12.0. The number of aliphatic carboxylic acids is 1. The van der Waals surface area contributed by atoms with Gasteiger partial charge < -0.3 is 16.6 Å². The molecular weight excluding hydrogens is 206 g/mol. The Kier molecular flexibility index (Phi) is 5.73. The maximum Gasteiger partial charge on any atom is 0.320 e. The van der Waals surface area contributed by atoms with Crippen molar-refractivity contribution in [3.05, 3.63) is 0 Å². The Balaban J connectivity index is 2.26. The normalized spacial score (nSPS) is 23.5. The number of carboxylic acid groups (broad SMARTS) is 1. The number of unbranched alkanes of at least 4 members (excludes halogenated alkanes) is 1. The smallest absolute Gasteiger partial charge is 0.320 e. The zero-order valence-corrected chi connectivity index (χ0v) is 9.77. The number of nitrogens with two attached hydrogens (primary N) is 2. The largest absolute Gasteiger partial charge is 0.480 e. The van der Waals surface area contributed by atoms with Gasteiger partial charge in [0.1, 0.15) is 6.04 Å². The number of rotatable bonds is 7. The summed E-state index contributed by atoms with van der Waals surface area (Å²) < 4.78 is 0. The van der Waals surface area contributed by atoms with Crippen molar-refractivity contribution < 1.29 is 9.90 Å². The second-order valence-electron chi connectivity index (χ2n) is 4.54. The summed E-state index contributed by atoms with van der Waals surface area (Å²) in [5.41, 5.74) is 11.4. The van der Waals surface area contributed by atoms with E-state index < -0.39 is 5.97 Å². The lowest BCUT2D eigenvalue weighted by Gasteiger charge is -2.24. The molecule has 0 unspecified atom stereocenters. The highest BCUT2D eigenvalue weighted by Gasteiger charge is 2.30. The van der Waals surface area contributed by atoms with E-state index in [1.54, 1.807) is 0 Å². The van der Waals surface area contributed by atoms with Gasteiger partial charge in [0, 0.05) is 12.6 Å². The highest BCUT2D eigenvalue weighted by molar-refractivity contribution is 5.73. The van der Waals surface area contributed by atoms with Crippen molar-refractivity contribution in [1.82, 2.24) is 4.90 Å². The Morgan fingerprint density at radius 2 is 2.25 bits per heavy atom. The van der Waals surface area contributed by atoms with Gasteiger partial charge in [0.15, 0.2) is 0 Å². The fourth-order valence-corrected chi connectivity index (χ4v) is 2.27. The molecule has 1 fully saturated rings. The molecule has 0 spiro atoms. The number of carbonyl (C=O) groups is 1. The predicted octanol–water partition coefficient (Wildman–Crippen LogP) is -0.00830. The molecule has 94 valence electrons. The molecule has 1 aliphatic rings. The average molecular weight is 229 g/mol. The standard InChI is InChI=1S/C11H23N3O2/c12-6-2-1-4-9(13)8-14-7-3-5-10(14)11(15)16/h9-10H,1-8,12-13H2,(H,15,16)/t9-,10+/m0/s1. The van der Waals surface area contributed by atoms with Gasteiger partial charge in [0.05, 0.1) is 0 Å². The minimum Gasteiger partial charge on any atom is -0.480 e. The number of hydrogen-bond donors (Lipinski definition) is 3. The third kappa shape index (κ3) is 4.08. The van der Waals surface area contributed by atoms with Gasteiger partial charge in [-0.2, -0.15) is 0 Å². The van der Waals surface area contributed by atoms with Gasteiger partial charge in [-0.3, -0.25) is 9.69 Å². The number of carboxylic acids is 1. The first-order chi connectivity index (χ1) is 7.65. The third-order valence-corrected chi connectivity index (χ3v) is 3.15. The molecule has 0 aromatic heterocycles. The Hall–Kier alpha value is -0.650. The predicted molar refractivity (Wildman–Crippen MR) is 63.1 cm³/mol. The van der Waals surface area contributed by atoms with E-state index in [-0.39, 0.29) is 12.1 Å². The fraction of sp³-hybridized carbons (Fsp3) is 0.909. The first-order valence-electron chi connectivity index (χ1n) is 6.07. The second-order valence-corrected chi connectivity index (χ2v) is 4.54. The molecule has 0 saturated carbocycles. The van der Waals surface area contributed by atoms with Crippen LogP contribution in [0.2, 0.25) is 0 Å². The van der Waals surface area contributed by atoms with E-state index in [1.807, 2.05) is 4.90 Å². The van der Waals surface area contributed by atoms with Crippen LogP contribution >= 0.6 is 0 Å². The number of nitrogens with zero attached hydrogens (tertiary/aromatic N) is 1. The quantitative estimate of drug-likeness (QED) is 0.534. The highest BCUT2D eigenvalue weighted by atomic mass is 16.4. The van der Waals surface area contributed by atoms with Gasteiger partial charge in [-0.05, 0) is 38.8 Å². The first-order valence-corrected chi connectivity index (χ1v) is 6.07. The highest BCUT2D eigenvalue weighted by Crippen LogP contribution is 2.17. The van der Waals surface area contributed by atoms with Crippen LogP contribution in [0.4, 0.5) is 0 Å². The average Bonchev–Trinajstić information content (AvgIpc) is 2.66. The maximum atomic E-state index is 11.0. The second kappa shape index (κ2) is 6.83. The van der Waals surface area contributed by atoms with Crippen LogP contribution in [0.25, 0.3) is 0 Å². The van der Waals surface area contributed by atoms with Crippen LogP contribution in [0.1, 0.15) is 32.1 Å². The summed E-state index contributed by atoms with van der Waals surface area (Å²) in [6.07, 6.45) is 4.68. The molecule has 16 heavy (non-hydrogen) atoms. The van der Waals surface area contributed by atoms with Gasteiger partial charge in [0.25, 0.3) is 0 Å². The molecule has 1 saturated heterocycles. The molecule has 0 aromatic carbocycles. The zero-order valence-electron chi connectivity index (χ0n) is 9.77. The van der Waals surface area contributed by atoms with E-state index in [2.05, 4.69) is 0 Å². The molecule has 2 atom stereocenters. The maximum absolute atomic E-state index is 11.0. The number of hydrogen-bond acceptors (Lipinski definition) is 4. The third-order valence-electron chi connectivity index (χ3n) is 3.15. The molecule has 0 aliphatic carbocycles. The lowest BCUT2D eigenvalue weighted by molar-refractivity contribution is -0.142. The molecule has 0 amide bonds. The SMILES string of the molecule is NCCCC[C@H](N)CN1CCC[C@@H]1C(=O)O. The molecule has 1 heterocycles. The van der Waals surface area contributed by atoms with E-state index >= 15 is 0 Å². The van der Waals surface area contributed by atoms with Gasteiger partial charge in [0.2, 0.25) is 0 Å². The minimum absolute atomic E-state index is 0.0755. The van der Waals surface area contributed by atoms with Crippen molar-refractivity contribution in [3.8, 4) is 0 Å². The summed E-state index contributed by atoms with van der Waals surface area (Å²) in [4.78, 5) is 13.0. The van der Waals surface area contributed by atoms with Crippen molar-refractivity contribution in [2.24, 2.45) is 11.5 Å². The summed E-state index contributed by atoms with van der Waals surface area (Å²) in [5, 5.41) is 9.01. The van der Waals surface area contributed by atoms with E-state index in [9.17, 15) is 4.79 Å². The van der Waals surface area contributed by atoms with Crippen LogP contribution in [0.15, 0.2) is 0 Å². The van der Waals surface area contributed by atoms with Crippen LogP contribution < -0.4 is 11.5 Å². The molecule has 5 heteroatoms. The van der Waals surface area contributed by atoms with Crippen LogP contribution in [0, 0.1) is 0 Å². The van der Waals surface area contributed by atoms with Gasteiger partial charge in [-0.25, -0.2) is 0 Å². The molecule has 5 N–H and O–H groups in total. The Morgan fingerprint density at radius 3 is 2.88 bits per heavy atom. The molecule has 1 rings (SSSR count). The monoisotopic (exact) mass is 229 g/mol.